The van der Waals surface area contributed by atoms with Crippen LogP contribution in [0.25, 0.3) is 0 Å². The van der Waals surface area contributed by atoms with Gasteiger partial charge >= 0.3 is 5.97 Å². The van der Waals surface area contributed by atoms with E-state index in [-0.39, 0.29) is 11.4 Å². The van der Waals surface area contributed by atoms with Crippen molar-refractivity contribution >= 4 is 17.3 Å². The van der Waals surface area contributed by atoms with Crippen LogP contribution in [0.1, 0.15) is 27.2 Å². The smallest absolute Gasteiger partial charge is 0.374 e. The zero-order valence-electron chi connectivity index (χ0n) is 14.3. The molecule has 140 valence electrons. The van der Waals surface area contributed by atoms with Crippen molar-refractivity contribution in [2.75, 3.05) is 17.2 Å². The molecule has 9 nitrogen and oxygen atoms in total. The second-order valence-electron chi connectivity index (χ2n) is 6.08. The van der Waals surface area contributed by atoms with Crippen LogP contribution < -0.4 is 27.2 Å². The van der Waals surface area contributed by atoms with Crippen LogP contribution in [0, 0.1) is 0 Å². The number of hydrogen-bond donors (Lipinski definition) is 3. The first-order valence-electron chi connectivity index (χ1n) is 8.20. The fourth-order valence-electron chi connectivity index (χ4n) is 2.97. The third kappa shape index (κ3) is 3.58. The van der Waals surface area contributed by atoms with Crippen LogP contribution >= 0.6 is 0 Å². The molecule has 27 heavy (non-hydrogen) atoms. The van der Waals surface area contributed by atoms with Crippen molar-refractivity contribution in [2.45, 2.75) is 19.5 Å². The molecule has 0 saturated carbocycles. The van der Waals surface area contributed by atoms with E-state index in [1.54, 1.807) is 0 Å². The molecule has 0 amide bonds. The first kappa shape index (κ1) is 18.3. The van der Waals surface area contributed by atoms with E-state index in [0.29, 0.717) is 25.3 Å². The average Bonchev–Trinajstić information content (AvgIpc) is 3.23. The number of nitrogens with zero attached hydrogens (tertiary/aromatic N) is 2. The largest absolute Gasteiger partial charge is 0.475 e. The van der Waals surface area contributed by atoms with Gasteiger partial charge in [-0.3, -0.25) is 9.59 Å². The van der Waals surface area contributed by atoms with Crippen molar-refractivity contribution in [3.63, 3.8) is 0 Å². The molecule has 0 saturated heterocycles. The third-order valence-electron chi connectivity index (χ3n) is 4.40. The predicted molar refractivity (Wildman–Crippen MR) is 98.3 cm³/mol. The number of aromatic carboxylic acids is 1. The summed E-state index contributed by atoms with van der Waals surface area (Å²) >= 11 is 0. The molecule has 0 spiro atoms. The van der Waals surface area contributed by atoms with Gasteiger partial charge in [0.05, 0.1) is 6.20 Å². The zero-order chi connectivity index (χ0) is 19.6. The number of nitrogens with two attached hydrogens (primary N) is 2. The highest BCUT2D eigenvalue weighted by Crippen LogP contribution is 2.26. The Morgan fingerprint density at radius 3 is 2.56 bits per heavy atom. The van der Waals surface area contributed by atoms with Crippen LogP contribution in [-0.4, -0.2) is 22.8 Å². The molecule has 0 fully saturated rings. The molecule has 3 aromatic rings. The van der Waals surface area contributed by atoms with Crippen LogP contribution in [0.5, 0.6) is 0 Å². The first-order chi connectivity index (χ1) is 12.9. The van der Waals surface area contributed by atoms with Gasteiger partial charge in [0, 0.05) is 25.7 Å². The van der Waals surface area contributed by atoms with Crippen LogP contribution in [0.4, 0.5) is 11.4 Å². The van der Waals surface area contributed by atoms with Crippen molar-refractivity contribution in [1.29, 1.82) is 0 Å². The third-order valence-corrected chi connectivity index (χ3v) is 4.40. The number of rotatable bonds is 3. The minimum atomic E-state index is -1.09. The maximum absolute atomic E-state index is 11.6. The van der Waals surface area contributed by atoms with Gasteiger partial charge in [0.15, 0.2) is 0 Å². The molecule has 1 aliphatic heterocycles. The maximum Gasteiger partial charge on any atom is 0.374 e. The van der Waals surface area contributed by atoms with E-state index in [1.165, 1.54) is 17.8 Å². The van der Waals surface area contributed by atoms with E-state index >= 15 is 0 Å². The number of carboxylic acid groups (broad SMARTS) is 1. The van der Waals surface area contributed by atoms with Crippen molar-refractivity contribution in [3.8, 4) is 0 Å². The van der Waals surface area contributed by atoms with E-state index in [2.05, 4.69) is 21.8 Å². The van der Waals surface area contributed by atoms with Gasteiger partial charge in [0.25, 0.3) is 10.9 Å². The van der Waals surface area contributed by atoms with Gasteiger partial charge in [-0.15, -0.1) is 0 Å². The van der Waals surface area contributed by atoms with E-state index in [0.717, 1.165) is 17.5 Å². The molecule has 9 heteroatoms. The summed E-state index contributed by atoms with van der Waals surface area (Å²) in [5.41, 5.74) is 14.2. The van der Waals surface area contributed by atoms with E-state index in [4.69, 9.17) is 16.6 Å². The highest BCUT2D eigenvalue weighted by Gasteiger charge is 2.26. The summed E-state index contributed by atoms with van der Waals surface area (Å²) in [5, 5.41) is 11.3. The van der Waals surface area contributed by atoms with Crippen molar-refractivity contribution in [1.82, 2.24) is 5.16 Å². The average molecular weight is 370 g/mol. The Morgan fingerprint density at radius 2 is 2.00 bits per heavy atom. The van der Waals surface area contributed by atoms with Gasteiger partial charge in [0.1, 0.15) is 11.4 Å². The lowest BCUT2D eigenvalue weighted by Gasteiger charge is -2.31. The molecule has 1 aromatic heterocycles. The monoisotopic (exact) mass is 370 g/mol. The topological polar surface area (TPSA) is 153 Å². The SMILES string of the molecule is NCc1ccc2c(c1)CN(c1c(N)c(=O)c1=O)CC2.O=C(O)c1ccno1. The minimum Gasteiger partial charge on any atom is -0.475 e. The predicted octanol–water partition coefficient (Wildman–Crippen LogP) is 0.259. The Kier molecular flexibility index (Phi) is 5.04. The van der Waals surface area contributed by atoms with Crippen LogP contribution in [-0.2, 0) is 19.5 Å². The van der Waals surface area contributed by atoms with Crippen molar-refractivity contribution in [3.05, 3.63) is 73.4 Å². The molecule has 2 heterocycles. The summed E-state index contributed by atoms with van der Waals surface area (Å²) < 4.78 is 4.25. The fourth-order valence-corrected chi connectivity index (χ4v) is 2.97. The first-order valence-corrected chi connectivity index (χ1v) is 8.20. The molecule has 1 aliphatic rings. The lowest BCUT2D eigenvalue weighted by atomic mass is 9.96. The number of carbonyl (C=O) groups is 1. The fraction of sp³-hybridized carbons (Fsp3) is 0.222. The summed E-state index contributed by atoms with van der Waals surface area (Å²) in [6.45, 7) is 1.82. The Hall–Kier alpha value is -3.46. The van der Waals surface area contributed by atoms with Crippen molar-refractivity contribution < 1.29 is 14.4 Å². The standard InChI is InChI=1S/C14H15N3O2.C4H3NO3/c15-6-8-1-2-9-3-4-17(7-10(9)5-8)12-11(16)13(18)14(12)19;6-4(7)3-1-2-5-8-3/h1-2,5H,3-4,6-7,15-16H2;1-2H,(H,6,7). The molecule has 0 aliphatic carbocycles. The van der Waals surface area contributed by atoms with Gasteiger partial charge in [-0.05, 0) is 23.1 Å². The number of carboxylic acids is 1. The Bertz CT molecular complexity index is 1030. The van der Waals surface area contributed by atoms with E-state index in [9.17, 15) is 14.4 Å². The summed E-state index contributed by atoms with van der Waals surface area (Å²) in [6.07, 6.45) is 2.13. The van der Waals surface area contributed by atoms with Gasteiger partial charge in [-0.25, -0.2) is 4.79 Å². The Labute approximate surface area is 153 Å². The van der Waals surface area contributed by atoms with Crippen LogP contribution in [0.15, 0.2) is 44.6 Å². The zero-order valence-corrected chi connectivity index (χ0v) is 14.3. The molecule has 5 N–H and O–H groups in total. The normalized spacial score (nSPS) is 13.0. The summed E-state index contributed by atoms with van der Waals surface area (Å²) in [5.74, 6) is -1.23. The Balaban J connectivity index is 0.000000221. The number of benzene rings is 1. The van der Waals surface area contributed by atoms with E-state index < -0.39 is 16.8 Å². The lowest BCUT2D eigenvalue weighted by molar-refractivity contribution is 0.0652. The van der Waals surface area contributed by atoms with Gasteiger partial charge in [-0.2, -0.15) is 0 Å². The maximum atomic E-state index is 11.6. The molecule has 2 aromatic carbocycles. The molecule has 0 bridgehead atoms. The van der Waals surface area contributed by atoms with Crippen LogP contribution in [0.3, 0.4) is 0 Å². The number of anilines is 2. The molecule has 0 atom stereocenters. The van der Waals surface area contributed by atoms with Crippen LogP contribution in [0.2, 0.25) is 0 Å². The molecular weight excluding hydrogens is 352 g/mol. The Morgan fingerprint density at radius 1 is 1.22 bits per heavy atom. The molecule has 0 unspecified atom stereocenters. The summed E-state index contributed by atoms with van der Waals surface area (Å²) in [4.78, 5) is 34.6. The number of hydrogen-bond acceptors (Lipinski definition) is 8. The minimum absolute atomic E-state index is 0.100. The highest BCUT2D eigenvalue weighted by atomic mass is 16.5. The van der Waals surface area contributed by atoms with E-state index in [1.807, 2.05) is 11.0 Å². The lowest BCUT2D eigenvalue weighted by Crippen LogP contribution is -2.44. The molecular formula is C18H18N4O5. The summed E-state index contributed by atoms with van der Waals surface area (Å²) in [7, 11) is 0. The number of nitrogen functional groups attached to an aromatic ring is 1. The number of fused-ring (bicyclic) bond motifs is 1. The van der Waals surface area contributed by atoms with Gasteiger partial charge < -0.3 is 26.0 Å². The van der Waals surface area contributed by atoms with Crippen molar-refractivity contribution in [2.24, 2.45) is 5.73 Å². The second-order valence-corrected chi connectivity index (χ2v) is 6.08. The van der Waals surface area contributed by atoms with Gasteiger partial charge in [0.2, 0.25) is 5.76 Å². The molecule has 4 rings (SSSR count). The second kappa shape index (κ2) is 7.42. The summed E-state index contributed by atoms with van der Waals surface area (Å²) in [6, 6.07) is 7.45. The molecule has 0 radical (unpaired) electrons. The van der Waals surface area contributed by atoms with Gasteiger partial charge in [-0.1, -0.05) is 23.4 Å². The number of aromatic nitrogens is 1. The quantitative estimate of drug-likeness (QED) is 0.551. The highest BCUT2D eigenvalue weighted by molar-refractivity contribution is 5.83.